The van der Waals surface area contributed by atoms with Gasteiger partial charge in [0.25, 0.3) is 0 Å². The van der Waals surface area contributed by atoms with Crippen LogP contribution in [-0.2, 0) is 27.3 Å². The van der Waals surface area contributed by atoms with Crippen LogP contribution in [0.4, 0.5) is 5.82 Å². The molecule has 2 aromatic rings. The molecule has 0 saturated carbocycles. The van der Waals surface area contributed by atoms with Crippen molar-refractivity contribution in [2.24, 2.45) is 10.7 Å². The lowest BCUT2D eigenvalue weighted by molar-refractivity contribution is -0.0998. The molecule has 0 aliphatic carbocycles. The predicted molar refractivity (Wildman–Crippen MR) is 122 cm³/mol. The van der Waals surface area contributed by atoms with Crippen LogP contribution in [0.1, 0.15) is 30.7 Å². The van der Waals surface area contributed by atoms with Gasteiger partial charge in [0.2, 0.25) is 0 Å². The molecule has 3 atom stereocenters. The first-order chi connectivity index (χ1) is 15.9. The molecule has 4 N–H and O–H groups in total. The van der Waals surface area contributed by atoms with Crippen LogP contribution < -0.4 is 20.5 Å². The molecule has 33 heavy (non-hydrogen) atoms. The van der Waals surface area contributed by atoms with E-state index in [1.54, 1.807) is 14.2 Å². The summed E-state index contributed by atoms with van der Waals surface area (Å²) >= 11 is 0. The van der Waals surface area contributed by atoms with Gasteiger partial charge in [-0.1, -0.05) is 0 Å². The van der Waals surface area contributed by atoms with Gasteiger partial charge in [-0.05, 0) is 32.0 Å². The molecule has 3 aliphatic heterocycles. The zero-order valence-corrected chi connectivity index (χ0v) is 19.4. The minimum atomic E-state index is -0.516. The van der Waals surface area contributed by atoms with Gasteiger partial charge in [0.1, 0.15) is 47.8 Å². The van der Waals surface area contributed by atoms with Gasteiger partial charge in [-0.25, -0.2) is 0 Å². The Morgan fingerprint density at radius 2 is 2.03 bits per heavy atom. The molecule has 0 radical (unpaired) electrons. The second-order valence-electron chi connectivity index (χ2n) is 8.84. The zero-order chi connectivity index (χ0) is 23.2. The Bertz CT molecular complexity index is 1050. The number of hydrogen-bond acceptors (Lipinski definition) is 8. The van der Waals surface area contributed by atoms with Gasteiger partial charge >= 0.3 is 0 Å². The van der Waals surface area contributed by atoms with Crippen LogP contribution in [0.3, 0.4) is 0 Å². The molecule has 1 aromatic carbocycles. The van der Waals surface area contributed by atoms with Gasteiger partial charge in [0, 0.05) is 23.9 Å². The lowest BCUT2D eigenvalue weighted by Gasteiger charge is -2.48. The topological polar surface area (TPSA) is 116 Å². The number of methoxy groups -OCH3 is 2. The van der Waals surface area contributed by atoms with Crippen molar-refractivity contribution in [3.05, 3.63) is 41.1 Å². The Kier molecular flexibility index (Phi) is 5.69. The fourth-order valence-corrected chi connectivity index (χ4v) is 4.72. The maximum absolute atomic E-state index is 6.18. The Balaban J connectivity index is 1.57. The van der Waals surface area contributed by atoms with E-state index in [9.17, 15) is 0 Å². The number of nitrogens with one attached hydrogen (secondary N) is 2. The van der Waals surface area contributed by atoms with E-state index in [-0.39, 0.29) is 25.2 Å². The third kappa shape index (κ3) is 3.82. The number of H-pyrrole nitrogens is 1. The maximum atomic E-state index is 6.18. The number of ether oxygens (including phenoxy) is 5. The van der Waals surface area contributed by atoms with E-state index in [1.807, 2.05) is 24.3 Å². The van der Waals surface area contributed by atoms with Crippen molar-refractivity contribution in [3.63, 3.8) is 0 Å². The minimum absolute atomic E-state index is 0.0824. The number of anilines is 1. The lowest BCUT2D eigenvalue weighted by atomic mass is 10.0. The number of benzene rings is 1. The number of amidine groups is 1. The molecule has 0 amide bonds. The molecule has 10 nitrogen and oxygen atoms in total. The lowest BCUT2D eigenvalue weighted by Crippen LogP contribution is -2.62. The largest absolute Gasteiger partial charge is 0.497 e. The SMILES string of the molecule is COc1ccc(CN=C2c3cc(CN)[nH]c3NC(C)(C)N2[C@@H]2OC[C@H]3OCO[C@@H]23)c(OC)c1. The summed E-state index contributed by atoms with van der Waals surface area (Å²) < 4.78 is 28.7. The Morgan fingerprint density at radius 3 is 2.79 bits per heavy atom. The second kappa shape index (κ2) is 8.53. The molecule has 10 heteroatoms. The molecule has 4 heterocycles. The summed E-state index contributed by atoms with van der Waals surface area (Å²) in [6.45, 7) is 5.75. The quantitative estimate of drug-likeness (QED) is 0.603. The fraction of sp³-hybridized carbons (Fsp3) is 0.522. The first kappa shape index (κ1) is 22.0. The molecular formula is C23H31N5O5. The highest BCUT2D eigenvalue weighted by atomic mass is 16.7. The minimum Gasteiger partial charge on any atom is -0.497 e. The van der Waals surface area contributed by atoms with E-state index in [2.05, 4.69) is 29.0 Å². The van der Waals surface area contributed by atoms with E-state index < -0.39 is 5.66 Å². The molecule has 2 fully saturated rings. The van der Waals surface area contributed by atoms with Gasteiger partial charge in [-0.15, -0.1) is 0 Å². The smallest absolute Gasteiger partial charge is 0.162 e. The first-order valence-electron chi connectivity index (χ1n) is 11.0. The van der Waals surface area contributed by atoms with Gasteiger partial charge in [-0.2, -0.15) is 0 Å². The van der Waals surface area contributed by atoms with Crippen LogP contribution in [0.2, 0.25) is 0 Å². The molecule has 0 spiro atoms. The van der Waals surface area contributed by atoms with Crippen molar-refractivity contribution in [2.45, 2.75) is 51.0 Å². The number of rotatable bonds is 6. The number of fused-ring (bicyclic) bond motifs is 2. The van der Waals surface area contributed by atoms with Gasteiger partial charge < -0.3 is 44.6 Å². The molecule has 1 aromatic heterocycles. The molecule has 178 valence electrons. The Labute approximate surface area is 193 Å². The van der Waals surface area contributed by atoms with Crippen molar-refractivity contribution in [2.75, 3.05) is 32.9 Å². The maximum Gasteiger partial charge on any atom is 0.162 e. The van der Waals surface area contributed by atoms with Crippen LogP contribution in [0.5, 0.6) is 11.5 Å². The van der Waals surface area contributed by atoms with E-state index in [1.165, 1.54) is 0 Å². The summed E-state index contributed by atoms with van der Waals surface area (Å²) in [5.41, 5.74) is 8.22. The highest BCUT2D eigenvalue weighted by Gasteiger charge is 2.52. The van der Waals surface area contributed by atoms with Gasteiger partial charge in [0.05, 0.1) is 32.9 Å². The van der Waals surface area contributed by atoms with Crippen molar-refractivity contribution in [3.8, 4) is 11.5 Å². The molecule has 5 rings (SSSR count). The number of aromatic amines is 1. The van der Waals surface area contributed by atoms with Crippen molar-refractivity contribution >= 4 is 11.7 Å². The van der Waals surface area contributed by atoms with Crippen molar-refractivity contribution in [1.29, 1.82) is 0 Å². The Morgan fingerprint density at radius 1 is 1.18 bits per heavy atom. The van der Waals surface area contributed by atoms with Crippen LogP contribution in [0.15, 0.2) is 29.3 Å². The summed E-state index contributed by atoms with van der Waals surface area (Å²) in [5, 5.41) is 3.58. The average Bonchev–Trinajstić information content (AvgIpc) is 3.52. The van der Waals surface area contributed by atoms with Crippen LogP contribution >= 0.6 is 0 Å². The number of hydrogen-bond donors (Lipinski definition) is 3. The van der Waals surface area contributed by atoms with E-state index in [0.29, 0.717) is 19.7 Å². The number of aromatic nitrogens is 1. The summed E-state index contributed by atoms with van der Waals surface area (Å²) in [7, 11) is 3.28. The van der Waals surface area contributed by atoms with Crippen LogP contribution in [0, 0.1) is 0 Å². The highest BCUT2D eigenvalue weighted by Crippen LogP contribution is 2.39. The average molecular weight is 458 g/mol. The monoisotopic (exact) mass is 457 g/mol. The summed E-state index contributed by atoms with van der Waals surface area (Å²) in [5.74, 6) is 3.14. The standard InChI is InChI=1S/C23H31N5O5/c1-23(2)27-20-16(7-14(9-24)26-20)21(28(23)22-19-18(11-31-22)32-12-33-19)25-10-13-5-6-15(29-3)8-17(13)30-4/h5-8,18-19,22,26-27H,9-12,24H2,1-4H3/t18-,19-,22-/m1/s1. The summed E-state index contributed by atoms with van der Waals surface area (Å²) in [6, 6.07) is 7.78. The number of aliphatic imine (C=N–C) groups is 1. The predicted octanol–water partition coefficient (Wildman–Crippen LogP) is 2.00. The molecule has 2 saturated heterocycles. The first-order valence-corrected chi connectivity index (χ1v) is 11.0. The molecule has 0 unspecified atom stereocenters. The fourth-order valence-electron chi connectivity index (χ4n) is 4.72. The van der Waals surface area contributed by atoms with Crippen LogP contribution in [-0.4, -0.2) is 67.4 Å². The molecule has 3 aliphatic rings. The Hall–Kier alpha value is -2.79. The summed E-state index contributed by atoms with van der Waals surface area (Å²) in [4.78, 5) is 10.6. The van der Waals surface area contributed by atoms with Crippen molar-refractivity contribution in [1.82, 2.24) is 9.88 Å². The van der Waals surface area contributed by atoms with Crippen LogP contribution in [0.25, 0.3) is 0 Å². The number of nitrogens with two attached hydrogens (primary N) is 1. The highest BCUT2D eigenvalue weighted by molar-refractivity contribution is 6.05. The van der Waals surface area contributed by atoms with Gasteiger partial charge in [0.15, 0.2) is 6.23 Å². The number of nitrogens with zero attached hydrogens (tertiary/aromatic N) is 2. The normalized spacial score (nSPS) is 26.8. The third-order valence-electron chi connectivity index (χ3n) is 6.36. The van der Waals surface area contributed by atoms with E-state index >= 15 is 0 Å². The summed E-state index contributed by atoms with van der Waals surface area (Å²) in [6.07, 6.45) is -0.622. The van der Waals surface area contributed by atoms with Gasteiger partial charge in [-0.3, -0.25) is 4.99 Å². The van der Waals surface area contributed by atoms with Crippen molar-refractivity contribution < 1.29 is 23.7 Å². The van der Waals surface area contributed by atoms with E-state index in [0.717, 1.165) is 40.0 Å². The molecular weight excluding hydrogens is 426 g/mol. The second-order valence-corrected chi connectivity index (χ2v) is 8.84. The molecule has 0 bridgehead atoms. The van der Waals surface area contributed by atoms with E-state index in [4.69, 9.17) is 34.4 Å². The third-order valence-corrected chi connectivity index (χ3v) is 6.36. The zero-order valence-electron chi connectivity index (χ0n) is 19.4.